The van der Waals surface area contributed by atoms with Gasteiger partial charge in [-0.25, -0.2) is 4.79 Å². The summed E-state index contributed by atoms with van der Waals surface area (Å²) in [5, 5.41) is 16.7. The number of carbonyl (C=O) groups excluding carboxylic acids is 1. The number of benzene rings is 1. The Morgan fingerprint density at radius 2 is 1.95 bits per heavy atom. The van der Waals surface area contributed by atoms with Crippen LogP contribution in [0.3, 0.4) is 0 Å². The smallest absolute Gasteiger partial charge is 0.328 e. The second-order valence-corrected chi connectivity index (χ2v) is 4.14. The molecule has 1 amide bonds. The van der Waals surface area contributed by atoms with Crippen LogP contribution in [0.5, 0.6) is 0 Å². The minimum atomic E-state index is -1.17. The highest BCUT2D eigenvalue weighted by molar-refractivity contribution is 7.03. The van der Waals surface area contributed by atoms with Crippen LogP contribution >= 0.6 is 11.5 Å². The zero-order chi connectivity index (χ0) is 13.7. The van der Waals surface area contributed by atoms with Crippen LogP contribution in [-0.4, -0.2) is 26.6 Å². The monoisotopic (exact) mass is 275 g/mol. The van der Waals surface area contributed by atoms with Crippen LogP contribution in [0.15, 0.2) is 41.8 Å². The summed E-state index contributed by atoms with van der Waals surface area (Å²) in [4.78, 5) is 21.6. The molecule has 0 aliphatic rings. The number of hydrogen-bond acceptors (Lipinski definition) is 5. The number of aliphatic carboxylic acids is 1. The molecule has 2 aromatic rings. The van der Waals surface area contributed by atoms with Crippen molar-refractivity contribution >= 4 is 29.1 Å². The van der Waals surface area contributed by atoms with Crippen LogP contribution in [0, 0.1) is 0 Å². The van der Waals surface area contributed by atoms with E-state index in [9.17, 15) is 9.59 Å². The molecule has 0 spiro atoms. The Labute approximate surface area is 112 Å². The van der Waals surface area contributed by atoms with Crippen LogP contribution in [0.4, 0.5) is 5.69 Å². The van der Waals surface area contributed by atoms with Crippen molar-refractivity contribution < 1.29 is 14.7 Å². The number of rotatable bonds is 4. The summed E-state index contributed by atoms with van der Waals surface area (Å²) in [6.07, 6.45) is 1.74. The van der Waals surface area contributed by atoms with Gasteiger partial charge in [0.2, 0.25) is 5.91 Å². The topological polar surface area (TPSA) is 92.2 Å². The number of nitrogens with one attached hydrogen (secondary N) is 1. The average Bonchev–Trinajstić information content (AvgIpc) is 2.91. The summed E-state index contributed by atoms with van der Waals surface area (Å²) >= 11 is 1.26. The third kappa shape index (κ3) is 3.71. The highest BCUT2D eigenvalue weighted by Crippen LogP contribution is 2.19. The minimum Gasteiger partial charge on any atom is -0.478 e. The van der Waals surface area contributed by atoms with Crippen molar-refractivity contribution in [3.05, 3.63) is 41.8 Å². The largest absolute Gasteiger partial charge is 0.478 e. The van der Waals surface area contributed by atoms with Gasteiger partial charge >= 0.3 is 5.97 Å². The van der Waals surface area contributed by atoms with E-state index in [1.807, 2.05) is 5.38 Å². The maximum atomic E-state index is 11.3. The van der Waals surface area contributed by atoms with Crippen molar-refractivity contribution in [2.45, 2.75) is 0 Å². The van der Waals surface area contributed by atoms with E-state index in [-0.39, 0.29) is 0 Å². The molecule has 1 aromatic carbocycles. The first kappa shape index (κ1) is 12.9. The molecule has 19 heavy (non-hydrogen) atoms. The Morgan fingerprint density at radius 3 is 2.53 bits per heavy atom. The number of hydrogen-bond donors (Lipinski definition) is 2. The van der Waals surface area contributed by atoms with Gasteiger partial charge in [-0.2, -0.15) is 0 Å². The van der Waals surface area contributed by atoms with Crippen molar-refractivity contribution in [1.82, 2.24) is 9.59 Å². The van der Waals surface area contributed by atoms with Gasteiger partial charge in [-0.15, -0.1) is 5.10 Å². The standard InChI is InChI=1S/C12H9N3O3S/c16-11(5-6-12(17)18)13-9-3-1-8(2-4-9)10-7-19-15-14-10/h1-7H,(H,13,16)(H,17,18)/b6-5+. The normalized spacial score (nSPS) is 10.5. The van der Waals surface area contributed by atoms with Gasteiger partial charge in [-0.1, -0.05) is 16.6 Å². The third-order valence-electron chi connectivity index (χ3n) is 2.19. The number of carboxylic acids is 1. The zero-order valence-electron chi connectivity index (χ0n) is 9.61. The Bertz CT molecular complexity index is 606. The van der Waals surface area contributed by atoms with E-state index in [1.165, 1.54) is 11.5 Å². The van der Waals surface area contributed by atoms with Gasteiger partial charge in [-0.05, 0) is 23.7 Å². The lowest BCUT2D eigenvalue weighted by molar-refractivity contribution is -0.131. The lowest BCUT2D eigenvalue weighted by Crippen LogP contribution is -2.08. The van der Waals surface area contributed by atoms with Gasteiger partial charge in [0.15, 0.2) is 0 Å². The fourth-order valence-corrected chi connectivity index (χ4v) is 1.81. The Morgan fingerprint density at radius 1 is 1.21 bits per heavy atom. The molecule has 0 saturated carbocycles. The predicted octanol–water partition coefficient (Wildman–Crippen LogP) is 1.78. The van der Waals surface area contributed by atoms with E-state index in [4.69, 9.17) is 5.11 Å². The van der Waals surface area contributed by atoms with Crippen LogP contribution in [0.1, 0.15) is 0 Å². The Hall–Kier alpha value is -2.54. The Kier molecular flexibility index (Phi) is 3.99. The van der Waals surface area contributed by atoms with Gasteiger partial charge < -0.3 is 10.4 Å². The van der Waals surface area contributed by atoms with Crippen LogP contribution in [-0.2, 0) is 9.59 Å². The SMILES string of the molecule is O=C(O)/C=C/C(=O)Nc1ccc(-c2csnn2)cc1. The fraction of sp³-hybridized carbons (Fsp3) is 0. The number of aromatic nitrogens is 2. The molecule has 2 N–H and O–H groups in total. The molecule has 0 aliphatic carbocycles. The number of carboxylic acid groups (broad SMARTS) is 1. The summed E-state index contributed by atoms with van der Waals surface area (Å²) in [6.45, 7) is 0. The molecule has 0 unspecified atom stereocenters. The van der Waals surface area contributed by atoms with Crippen molar-refractivity contribution in [3.63, 3.8) is 0 Å². The lowest BCUT2D eigenvalue weighted by Gasteiger charge is -2.02. The predicted molar refractivity (Wildman–Crippen MR) is 70.8 cm³/mol. The van der Waals surface area contributed by atoms with E-state index >= 15 is 0 Å². The highest BCUT2D eigenvalue weighted by Gasteiger charge is 2.02. The second kappa shape index (κ2) is 5.87. The zero-order valence-corrected chi connectivity index (χ0v) is 10.4. The molecule has 0 atom stereocenters. The summed E-state index contributed by atoms with van der Waals surface area (Å²) < 4.78 is 3.77. The molecule has 96 valence electrons. The van der Waals surface area contributed by atoms with E-state index in [1.54, 1.807) is 24.3 Å². The van der Waals surface area contributed by atoms with Crippen molar-refractivity contribution in [2.75, 3.05) is 5.32 Å². The van der Waals surface area contributed by atoms with E-state index in [0.29, 0.717) is 5.69 Å². The molecule has 0 fully saturated rings. The maximum absolute atomic E-state index is 11.3. The first-order valence-electron chi connectivity index (χ1n) is 5.24. The molecule has 7 heteroatoms. The van der Waals surface area contributed by atoms with Crippen LogP contribution < -0.4 is 5.32 Å². The summed E-state index contributed by atoms with van der Waals surface area (Å²) in [5.74, 6) is -1.66. The molecular weight excluding hydrogens is 266 g/mol. The summed E-state index contributed by atoms with van der Waals surface area (Å²) in [5.41, 5.74) is 2.24. The fourth-order valence-electron chi connectivity index (χ4n) is 1.35. The number of amides is 1. The average molecular weight is 275 g/mol. The first-order chi connectivity index (χ1) is 9.15. The van der Waals surface area contributed by atoms with Gasteiger partial charge in [0.1, 0.15) is 5.69 Å². The lowest BCUT2D eigenvalue weighted by atomic mass is 10.1. The molecule has 0 aliphatic heterocycles. The molecule has 0 bridgehead atoms. The van der Waals surface area contributed by atoms with Crippen molar-refractivity contribution in [2.24, 2.45) is 0 Å². The number of anilines is 1. The first-order valence-corrected chi connectivity index (χ1v) is 6.08. The molecule has 6 nitrogen and oxygen atoms in total. The van der Waals surface area contributed by atoms with E-state index < -0.39 is 11.9 Å². The van der Waals surface area contributed by atoms with Gasteiger partial charge in [0, 0.05) is 28.8 Å². The molecule has 1 aromatic heterocycles. The Balaban J connectivity index is 2.03. The molecule has 1 heterocycles. The van der Waals surface area contributed by atoms with Crippen molar-refractivity contribution in [1.29, 1.82) is 0 Å². The van der Waals surface area contributed by atoms with E-state index in [0.717, 1.165) is 23.4 Å². The van der Waals surface area contributed by atoms with Crippen LogP contribution in [0.2, 0.25) is 0 Å². The third-order valence-corrected chi connectivity index (χ3v) is 2.69. The van der Waals surface area contributed by atoms with Gasteiger partial charge in [0.05, 0.1) is 0 Å². The van der Waals surface area contributed by atoms with Crippen LogP contribution in [0.25, 0.3) is 11.3 Å². The molecule has 0 saturated heterocycles. The number of nitrogens with zero attached hydrogens (tertiary/aromatic N) is 2. The van der Waals surface area contributed by atoms with E-state index in [2.05, 4.69) is 14.9 Å². The quantitative estimate of drug-likeness (QED) is 0.830. The van der Waals surface area contributed by atoms with Crippen molar-refractivity contribution in [3.8, 4) is 11.3 Å². The molecule has 2 rings (SSSR count). The summed E-state index contributed by atoms with van der Waals surface area (Å²) in [7, 11) is 0. The number of carbonyl (C=O) groups is 2. The molecular formula is C12H9N3O3S. The maximum Gasteiger partial charge on any atom is 0.328 e. The highest BCUT2D eigenvalue weighted by atomic mass is 32.1. The minimum absolute atomic E-state index is 0.495. The van der Waals surface area contributed by atoms with Gasteiger partial charge in [-0.3, -0.25) is 4.79 Å². The van der Waals surface area contributed by atoms with Gasteiger partial charge in [0.25, 0.3) is 0 Å². The molecule has 0 radical (unpaired) electrons. The summed E-state index contributed by atoms with van der Waals surface area (Å²) in [6, 6.07) is 7.02. The second-order valence-electron chi connectivity index (χ2n) is 3.53.